The van der Waals surface area contributed by atoms with Gasteiger partial charge in [-0.25, -0.2) is 4.98 Å². The first-order chi connectivity index (χ1) is 12.3. The molecule has 1 spiro atoms. The maximum Gasteiger partial charge on any atom is 0.228 e. The van der Waals surface area contributed by atoms with E-state index in [2.05, 4.69) is 16.8 Å². The quantitative estimate of drug-likeness (QED) is 0.876. The van der Waals surface area contributed by atoms with Gasteiger partial charge in [0.2, 0.25) is 5.91 Å². The van der Waals surface area contributed by atoms with Crippen LogP contribution in [0.4, 0.5) is 5.82 Å². The van der Waals surface area contributed by atoms with E-state index in [-0.39, 0.29) is 22.8 Å². The topological polar surface area (TPSA) is 69.6 Å². The van der Waals surface area contributed by atoms with E-state index in [0.717, 1.165) is 62.5 Å². The molecular weight excluding hydrogens is 328 g/mol. The van der Waals surface area contributed by atoms with E-state index < -0.39 is 0 Å². The molecule has 2 atom stereocenters. The molecule has 6 heteroatoms. The monoisotopic (exact) mass is 358 g/mol. The summed E-state index contributed by atoms with van der Waals surface area (Å²) in [6, 6.07) is 0. The Morgan fingerprint density at radius 3 is 2.65 bits per heavy atom. The van der Waals surface area contributed by atoms with Crippen LogP contribution in [0, 0.1) is 24.7 Å². The molecule has 142 valence electrons. The van der Waals surface area contributed by atoms with Gasteiger partial charge in [-0.1, -0.05) is 6.92 Å². The second-order valence-corrected chi connectivity index (χ2v) is 8.88. The van der Waals surface area contributed by atoms with Gasteiger partial charge in [0.25, 0.3) is 0 Å². The number of aliphatic hydroxyl groups is 1. The van der Waals surface area contributed by atoms with Crippen LogP contribution in [-0.4, -0.2) is 58.2 Å². The third-order valence-electron chi connectivity index (χ3n) is 6.80. The molecule has 0 unspecified atom stereocenters. The van der Waals surface area contributed by atoms with Crippen molar-refractivity contribution >= 4 is 11.7 Å². The number of piperidine rings is 2. The second kappa shape index (κ2) is 6.19. The van der Waals surface area contributed by atoms with Gasteiger partial charge in [-0.05, 0) is 46.0 Å². The Morgan fingerprint density at radius 1 is 1.19 bits per heavy atom. The predicted octanol–water partition coefficient (Wildman–Crippen LogP) is 2.07. The highest BCUT2D eigenvalue weighted by Gasteiger charge is 2.52. The number of aryl methyl sites for hydroxylation is 2. The average molecular weight is 358 g/mol. The van der Waals surface area contributed by atoms with E-state index in [0.29, 0.717) is 13.0 Å². The average Bonchev–Trinajstić information content (AvgIpc) is 3.38. The van der Waals surface area contributed by atoms with Gasteiger partial charge in [-0.15, -0.1) is 0 Å². The minimum atomic E-state index is -0.360. The zero-order valence-electron chi connectivity index (χ0n) is 16.2. The molecule has 4 rings (SSSR count). The minimum absolute atomic E-state index is 0.141. The molecule has 0 radical (unpaired) electrons. The number of likely N-dealkylation sites (tertiary alicyclic amines) is 1. The molecule has 2 saturated heterocycles. The summed E-state index contributed by atoms with van der Waals surface area (Å²) in [6.45, 7) is 9.04. The SMILES string of the molecule is Cc1ncc(N2CC[C@@H](O)[C@]3(CCCN(C(=O)C4(C)CC4)C3)C2)nc1C. The first-order valence-corrected chi connectivity index (χ1v) is 9.86. The zero-order valence-corrected chi connectivity index (χ0v) is 16.2. The van der Waals surface area contributed by atoms with Crippen molar-refractivity contribution in [3.63, 3.8) is 0 Å². The van der Waals surface area contributed by atoms with E-state index in [1.54, 1.807) is 0 Å². The van der Waals surface area contributed by atoms with Crippen molar-refractivity contribution in [2.24, 2.45) is 10.8 Å². The zero-order chi connectivity index (χ0) is 18.5. The van der Waals surface area contributed by atoms with Gasteiger partial charge < -0.3 is 14.9 Å². The number of carbonyl (C=O) groups excluding carboxylic acids is 1. The Kier molecular flexibility index (Phi) is 4.21. The summed E-state index contributed by atoms with van der Waals surface area (Å²) in [5.74, 6) is 1.17. The third kappa shape index (κ3) is 2.98. The van der Waals surface area contributed by atoms with Gasteiger partial charge in [0.1, 0.15) is 5.82 Å². The van der Waals surface area contributed by atoms with Gasteiger partial charge >= 0.3 is 0 Å². The lowest BCUT2D eigenvalue weighted by atomic mass is 9.71. The molecule has 3 heterocycles. The molecule has 6 nitrogen and oxygen atoms in total. The maximum atomic E-state index is 12.9. The molecule has 1 aromatic heterocycles. The van der Waals surface area contributed by atoms with Crippen molar-refractivity contribution in [2.45, 2.75) is 59.0 Å². The Balaban J connectivity index is 1.55. The summed E-state index contributed by atoms with van der Waals surface area (Å²) in [5, 5.41) is 10.9. The van der Waals surface area contributed by atoms with E-state index >= 15 is 0 Å². The lowest BCUT2D eigenvalue weighted by molar-refractivity contribution is -0.143. The number of aromatic nitrogens is 2. The fourth-order valence-electron chi connectivity index (χ4n) is 4.54. The molecule has 2 aliphatic heterocycles. The predicted molar refractivity (Wildman–Crippen MR) is 99.9 cm³/mol. The molecule has 1 saturated carbocycles. The van der Waals surface area contributed by atoms with Crippen LogP contribution in [-0.2, 0) is 4.79 Å². The highest BCUT2D eigenvalue weighted by molar-refractivity contribution is 5.85. The summed E-state index contributed by atoms with van der Waals surface area (Å²) in [5.41, 5.74) is 1.51. The van der Waals surface area contributed by atoms with Crippen LogP contribution >= 0.6 is 0 Å². The van der Waals surface area contributed by atoms with Crippen molar-refractivity contribution in [3.8, 4) is 0 Å². The van der Waals surface area contributed by atoms with Crippen LogP contribution in [0.5, 0.6) is 0 Å². The first kappa shape index (κ1) is 17.7. The van der Waals surface area contributed by atoms with Crippen LogP contribution in [0.2, 0.25) is 0 Å². The summed E-state index contributed by atoms with van der Waals surface area (Å²) in [7, 11) is 0. The van der Waals surface area contributed by atoms with Crippen molar-refractivity contribution in [2.75, 3.05) is 31.1 Å². The Morgan fingerprint density at radius 2 is 1.96 bits per heavy atom. The number of hydrogen-bond acceptors (Lipinski definition) is 5. The van der Waals surface area contributed by atoms with Gasteiger partial charge in [0, 0.05) is 37.0 Å². The molecule has 3 fully saturated rings. The summed E-state index contributed by atoms with van der Waals surface area (Å²) in [4.78, 5) is 26.3. The lowest BCUT2D eigenvalue weighted by Gasteiger charge is -2.51. The number of hydrogen-bond donors (Lipinski definition) is 1. The molecular formula is C20H30N4O2. The normalized spacial score (nSPS) is 30.5. The van der Waals surface area contributed by atoms with E-state index in [9.17, 15) is 9.90 Å². The van der Waals surface area contributed by atoms with E-state index in [1.807, 2.05) is 24.9 Å². The smallest absolute Gasteiger partial charge is 0.228 e. The van der Waals surface area contributed by atoms with Gasteiger partial charge in [-0.2, -0.15) is 0 Å². The number of anilines is 1. The van der Waals surface area contributed by atoms with Crippen LogP contribution in [0.1, 0.15) is 50.4 Å². The van der Waals surface area contributed by atoms with Gasteiger partial charge in [0.15, 0.2) is 0 Å². The molecule has 1 N–H and O–H groups in total. The molecule has 1 amide bonds. The van der Waals surface area contributed by atoms with Gasteiger partial charge in [-0.3, -0.25) is 9.78 Å². The summed E-state index contributed by atoms with van der Waals surface area (Å²) in [6.07, 6.45) is 6.12. The number of amides is 1. The second-order valence-electron chi connectivity index (χ2n) is 8.88. The van der Waals surface area contributed by atoms with Crippen LogP contribution in [0.15, 0.2) is 6.20 Å². The van der Waals surface area contributed by atoms with E-state index in [1.165, 1.54) is 0 Å². The van der Waals surface area contributed by atoms with Crippen molar-refractivity contribution < 1.29 is 9.90 Å². The summed E-state index contributed by atoms with van der Waals surface area (Å²) >= 11 is 0. The molecule has 1 aromatic rings. The van der Waals surface area contributed by atoms with Gasteiger partial charge in [0.05, 0.1) is 23.7 Å². The van der Waals surface area contributed by atoms with Crippen LogP contribution in [0.3, 0.4) is 0 Å². The summed E-state index contributed by atoms with van der Waals surface area (Å²) < 4.78 is 0. The van der Waals surface area contributed by atoms with Crippen LogP contribution in [0.25, 0.3) is 0 Å². The number of aliphatic hydroxyl groups excluding tert-OH is 1. The first-order valence-electron chi connectivity index (χ1n) is 9.86. The van der Waals surface area contributed by atoms with E-state index in [4.69, 9.17) is 4.98 Å². The van der Waals surface area contributed by atoms with Crippen molar-refractivity contribution in [1.82, 2.24) is 14.9 Å². The molecule has 0 aromatic carbocycles. The highest BCUT2D eigenvalue weighted by Crippen LogP contribution is 2.48. The fourth-order valence-corrected chi connectivity index (χ4v) is 4.54. The Bertz CT molecular complexity index is 718. The van der Waals surface area contributed by atoms with Crippen molar-refractivity contribution in [3.05, 3.63) is 17.6 Å². The molecule has 1 aliphatic carbocycles. The van der Waals surface area contributed by atoms with Crippen molar-refractivity contribution in [1.29, 1.82) is 0 Å². The highest BCUT2D eigenvalue weighted by atomic mass is 16.3. The lowest BCUT2D eigenvalue weighted by Crippen LogP contribution is -2.60. The third-order valence-corrected chi connectivity index (χ3v) is 6.80. The standard InChI is InChI=1S/C20H30N4O2/c1-14-15(2)22-17(11-21-14)23-10-5-16(25)20(12-23)6-4-9-24(13-20)18(26)19(3)7-8-19/h11,16,25H,4-10,12-13H2,1-3H3/t16-,20-/m1/s1. The number of carbonyl (C=O) groups is 1. The number of rotatable bonds is 2. The molecule has 26 heavy (non-hydrogen) atoms. The molecule has 0 bridgehead atoms. The largest absolute Gasteiger partial charge is 0.392 e. The number of nitrogens with zero attached hydrogens (tertiary/aromatic N) is 4. The molecule has 3 aliphatic rings. The minimum Gasteiger partial charge on any atom is -0.392 e. The maximum absolute atomic E-state index is 12.9. The van der Waals surface area contributed by atoms with Crippen LogP contribution < -0.4 is 4.90 Å². The Hall–Kier alpha value is -1.69. The Labute approximate surface area is 155 Å². The fraction of sp³-hybridized carbons (Fsp3) is 0.750.